The molecule has 0 N–H and O–H groups in total. The highest BCUT2D eigenvalue weighted by Gasteiger charge is 2.67. The van der Waals surface area contributed by atoms with Crippen molar-refractivity contribution in [1.82, 2.24) is 5.01 Å². The quantitative estimate of drug-likeness (QED) is 0.402. The SMILES string of the molecule is O=C1[C@@H]2[C@H]3C=C[C@@H]([C@@H]4C[C@@H]34)[C@H]2C(=O)N1/N=C\c1ccc(OCc2ccc(Cl)cc2)cc1. The number of carbonyl (C=O) groups excluding carboxylic acids is 2. The summed E-state index contributed by atoms with van der Waals surface area (Å²) in [5.41, 5.74) is 1.84. The fourth-order valence-corrected chi connectivity index (χ4v) is 5.70. The van der Waals surface area contributed by atoms with Crippen LogP contribution < -0.4 is 4.74 Å². The summed E-state index contributed by atoms with van der Waals surface area (Å²) < 4.78 is 5.79. The first-order chi connectivity index (χ1) is 15.1. The Morgan fingerprint density at radius 2 is 1.55 bits per heavy atom. The largest absolute Gasteiger partial charge is 0.489 e. The molecular weight excluding hydrogens is 412 g/mol. The molecule has 2 aromatic carbocycles. The average molecular weight is 433 g/mol. The minimum absolute atomic E-state index is 0.140. The molecule has 3 fully saturated rings. The van der Waals surface area contributed by atoms with E-state index in [0.29, 0.717) is 23.5 Å². The summed E-state index contributed by atoms with van der Waals surface area (Å²) in [6, 6.07) is 14.9. The van der Waals surface area contributed by atoms with Gasteiger partial charge >= 0.3 is 0 Å². The lowest BCUT2D eigenvalue weighted by molar-refractivity contribution is -0.140. The van der Waals surface area contributed by atoms with Gasteiger partial charge in [0.25, 0.3) is 11.8 Å². The Morgan fingerprint density at radius 1 is 0.935 bits per heavy atom. The van der Waals surface area contributed by atoms with Crippen LogP contribution >= 0.6 is 11.6 Å². The number of benzene rings is 2. The van der Waals surface area contributed by atoms with Crippen LogP contribution in [0.2, 0.25) is 5.02 Å². The number of carbonyl (C=O) groups is 2. The summed E-state index contributed by atoms with van der Waals surface area (Å²) in [7, 11) is 0. The van der Waals surface area contributed by atoms with Crippen molar-refractivity contribution < 1.29 is 14.3 Å². The van der Waals surface area contributed by atoms with Crippen molar-refractivity contribution in [1.29, 1.82) is 0 Å². The van der Waals surface area contributed by atoms with Gasteiger partial charge in [0.1, 0.15) is 12.4 Å². The van der Waals surface area contributed by atoms with E-state index in [9.17, 15) is 9.59 Å². The Balaban J connectivity index is 1.12. The monoisotopic (exact) mass is 432 g/mol. The molecule has 6 heteroatoms. The molecule has 2 aromatic rings. The number of amides is 2. The molecule has 1 saturated heterocycles. The molecule has 0 aromatic heterocycles. The third-order valence-electron chi connectivity index (χ3n) is 7.16. The molecule has 156 valence electrons. The molecule has 31 heavy (non-hydrogen) atoms. The number of imide groups is 1. The Morgan fingerprint density at radius 3 is 2.16 bits per heavy atom. The van der Waals surface area contributed by atoms with E-state index in [2.05, 4.69) is 17.3 Å². The molecule has 5 aliphatic rings. The maximum atomic E-state index is 12.9. The molecule has 0 unspecified atom stereocenters. The molecule has 2 saturated carbocycles. The Labute approximate surface area is 185 Å². The van der Waals surface area contributed by atoms with Gasteiger partial charge in [-0.3, -0.25) is 9.59 Å². The molecular formula is C25H21ClN2O3. The predicted octanol–water partition coefficient (Wildman–Crippen LogP) is 4.31. The number of ether oxygens (including phenoxy) is 1. The fourth-order valence-electron chi connectivity index (χ4n) is 5.58. The van der Waals surface area contributed by atoms with Crippen LogP contribution in [0.15, 0.2) is 65.8 Å². The number of rotatable bonds is 5. The van der Waals surface area contributed by atoms with E-state index < -0.39 is 0 Å². The zero-order valence-electron chi connectivity index (χ0n) is 16.7. The molecule has 4 aliphatic carbocycles. The molecule has 1 aliphatic heterocycles. The van der Waals surface area contributed by atoms with Crippen molar-refractivity contribution in [2.24, 2.45) is 40.6 Å². The van der Waals surface area contributed by atoms with Gasteiger partial charge < -0.3 is 4.74 Å². The van der Waals surface area contributed by atoms with E-state index in [1.807, 2.05) is 48.5 Å². The number of hydrogen-bond acceptors (Lipinski definition) is 4. The first-order valence-electron chi connectivity index (χ1n) is 10.7. The van der Waals surface area contributed by atoms with Crippen LogP contribution in [-0.4, -0.2) is 23.0 Å². The number of hydrazone groups is 1. The van der Waals surface area contributed by atoms with Gasteiger partial charge in [-0.05, 0) is 77.6 Å². The minimum atomic E-state index is -0.216. The Kier molecular flexibility index (Phi) is 4.29. The van der Waals surface area contributed by atoms with E-state index in [4.69, 9.17) is 16.3 Å². The van der Waals surface area contributed by atoms with Crippen LogP contribution in [0.1, 0.15) is 17.5 Å². The maximum absolute atomic E-state index is 12.9. The summed E-state index contributed by atoms with van der Waals surface area (Å²) in [6.45, 7) is 0.447. The van der Waals surface area contributed by atoms with E-state index in [0.717, 1.165) is 28.3 Å². The van der Waals surface area contributed by atoms with Gasteiger partial charge in [-0.1, -0.05) is 35.9 Å². The van der Waals surface area contributed by atoms with E-state index in [-0.39, 0.29) is 35.5 Å². The van der Waals surface area contributed by atoms with Crippen LogP contribution in [0.3, 0.4) is 0 Å². The molecule has 0 spiro atoms. The van der Waals surface area contributed by atoms with Gasteiger partial charge in [0.05, 0.1) is 18.1 Å². The van der Waals surface area contributed by atoms with Crippen LogP contribution in [-0.2, 0) is 16.2 Å². The smallest absolute Gasteiger partial charge is 0.254 e. The summed E-state index contributed by atoms with van der Waals surface area (Å²) >= 11 is 5.90. The number of hydrogen-bond donors (Lipinski definition) is 0. The van der Waals surface area contributed by atoms with Crippen molar-refractivity contribution in [3.63, 3.8) is 0 Å². The van der Waals surface area contributed by atoms with E-state index in [1.54, 1.807) is 6.21 Å². The summed E-state index contributed by atoms with van der Waals surface area (Å²) in [5.74, 6) is 1.64. The van der Waals surface area contributed by atoms with Crippen molar-refractivity contribution in [2.45, 2.75) is 13.0 Å². The normalized spacial score (nSPS) is 32.5. The second-order valence-corrected chi connectivity index (χ2v) is 9.31. The highest BCUT2D eigenvalue weighted by atomic mass is 35.5. The fraction of sp³-hybridized carbons (Fsp3) is 0.320. The van der Waals surface area contributed by atoms with Gasteiger partial charge in [-0.25, -0.2) is 0 Å². The van der Waals surface area contributed by atoms with Gasteiger partial charge in [0.15, 0.2) is 0 Å². The van der Waals surface area contributed by atoms with Gasteiger partial charge in [-0.15, -0.1) is 0 Å². The van der Waals surface area contributed by atoms with Crippen molar-refractivity contribution in [2.75, 3.05) is 0 Å². The summed E-state index contributed by atoms with van der Waals surface area (Å²) in [6.07, 6.45) is 7.07. The van der Waals surface area contributed by atoms with Crippen molar-refractivity contribution >= 4 is 29.6 Å². The molecule has 2 amide bonds. The highest BCUT2D eigenvalue weighted by Crippen LogP contribution is 2.65. The Bertz CT molecular complexity index is 1070. The molecule has 2 bridgehead atoms. The molecule has 6 atom stereocenters. The summed E-state index contributed by atoms with van der Waals surface area (Å²) in [5, 5.41) is 6.08. The van der Waals surface area contributed by atoms with E-state index in [1.165, 1.54) is 0 Å². The van der Waals surface area contributed by atoms with Gasteiger partial charge in [-0.2, -0.15) is 10.1 Å². The van der Waals surface area contributed by atoms with Gasteiger partial charge in [0.2, 0.25) is 0 Å². The van der Waals surface area contributed by atoms with Crippen molar-refractivity contribution in [3.05, 3.63) is 76.8 Å². The molecule has 1 heterocycles. The predicted molar refractivity (Wildman–Crippen MR) is 116 cm³/mol. The lowest BCUT2D eigenvalue weighted by Gasteiger charge is -2.37. The minimum Gasteiger partial charge on any atom is -0.489 e. The number of halogens is 1. The van der Waals surface area contributed by atoms with Crippen LogP contribution in [0, 0.1) is 35.5 Å². The lowest BCUT2D eigenvalue weighted by Crippen LogP contribution is -2.40. The summed E-state index contributed by atoms with van der Waals surface area (Å²) in [4.78, 5) is 25.9. The highest BCUT2D eigenvalue weighted by molar-refractivity contribution is 6.30. The number of allylic oxidation sites excluding steroid dienone is 2. The zero-order valence-corrected chi connectivity index (χ0v) is 17.5. The lowest BCUT2D eigenvalue weighted by atomic mass is 9.63. The molecule has 5 nitrogen and oxygen atoms in total. The third-order valence-corrected chi connectivity index (χ3v) is 7.41. The first-order valence-corrected chi connectivity index (χ1v) is 11.1. The number of nitrogens with zero attached hydrogens (tertiary/aromatic N) is 2. The maximum Gasteiger partial charge on any atom is 0.254 e. The third kappa shape index (κ3) is 3.10. The van der Waals surface area contributed by atoms with Crippen LogP contribution in [0.4, 0.5) is 0 Å². The Hall–Kier alpha value is -2.92. The topological polar surface area (TPSA) is 59.0 Å². The van der Waals surface area contributed by atoms with Crippen LogP contribution in [0.5, 0.6) is 5.75 Å². The second kappa shape index (κ2) is 7.06. The van der Waals surface area contributed by atoms with Gasteiger partial charge in [0, 0.05) is 5.02 Å². The zero-order chi connectivity index (χ0) is 21.1. The van der Waals surface area contributed by atoms with Crippen molar-refractivity contribution in [3.8, 4) is 5.75 Å². The standard InChI is InChI=1S/C25H21ClN2O3/c26-16-5-1-15(2-6-16)13-31-17-7-3-14(4-8-17)12-27-28-24(29)22-18-9-10-19(21-11-20(18)21)23(22)25(28)30/h1-10,12,18-23H,11,13H2/b27-12-/t18-,19-,20-,21-,22+,23+/m0/s1. The first kappa shape index (κ1) is 18.8. The molecule has 0 radical (unpaired) electrons. The average Bonchev–Trinajstić information content (AvgIpc) is 3.57. The van der Waals surface area contributed by atoms with Crippen LogP contribution in [0.25, 0.3) is 0 Å². The second-order valence-electron chi connectivity index (χ2n) is 8.87. The molecule has 7 rings (SSSR count). The van der Waals surface area contributed by atoms with E-state index >= 15 is 0 Å².